The minimum atomic E-state index is 0.106. The normalized spacial score (nSPS) is 14.2. The van der Waals surface area contributed by atoms with E-state index in [-0.39, 0.29) is 18.1 Å². The number of aromatic nitrogens is 2. The summed E-state index contributed by atoms with van der Waals surface area (Å²) >= 11 is 0. The van der Waals surface area contributed by atoms with Crippen molar-refractivity contribution in [3.05, 3.63) is 18.2 Å². The SMILES string of the molecule is Cc1nccn1CCCN(C)C(CO)C(C)(C)C. The van der Waals surface area contributed by atoms with Gasteiger partial charge in [0.15, 0.2) is 0 Å². The van der Waals surface area contributed by atoms with Gasteiger partial charge in [-0.2, -0.15) is 0 Å². The number of aryl methyl sites for hydroxylation is 2. The number of rotatable bonds is 6. The molecule has 0 aliphatic rings. The molecule has 104 valence electrons. The summed E-state index contributed by atoms with van der Waals surface area (Å²) in [5.41, 5.74) is 0.106. The second-order valence-corrected chi connectivity index (χ2v) is 6.07. The fraction of sp³-hybridized carbons (Fsp3) is 0.786. The Kier molecular flexibility index (Phi) is 5.35. The largest absolute Gasteiger partial charge is 0.395 e. The fourth-order valence-corrected chi connectivity index (χ4v) is 2.36. The summed E-state index contributed by atoms with van der Waals surface area (Å²) in [5.74, 6) is 1.06. The fourth-order valence-electron chi connectivity index (χ4n) is 2.36. The number of hydrogen-bond donors (Lipinski definition) is 1. The highest BCUT2D eigenvalue weighted by atomic mass is 16.3. The lowest BCUT2D eigenvalue weighted by molar-refractivity contribution is 0.0648. The van der Waals surface area contributed by atoms with Gasteiger partial charge in [0.2, 0.25) is 0 Å². The minimum Gasteiger partial charge on any atom is -0.395 e. The third kappa shape index (κ3) is 4.10. The van der Waals surface area contributed by atoms with Crippen molar-refractivity contribution in [3.8, 4) is 0 Å². The summed E-state index contributed by atoms with van der Waals surface area (Å²) in [5, 5.41) is 9.50. The van der Waals surface area contributed by atoms with Gasteiger partial charge in [-0.05, 0) is 32.4 Å². The molecular formula is C14H27N3O. The summed E-state index contributed by atoms with van der Waals surface area (Å²) in [6.45, 7) is 10.7. The van der Waals surface area contributed by atoms with Crippen molar-refractivity contribution >= 4 is 0 Å². The number of aliphatic hydroxyl groups excluding tert-OH is 1. The second kappa shape index (κ2) is 6.34. The van der Waals surface area contributed by atoms with E-state index in [4.69, 9.17) is 0 Å². The third-order valence-corrected chi connectivity index (χ3v) is 3.54. The van der Waals surface area contributed by atoms with Crippen LogP contribution in [0.15, 0.2) is 12.4 Å². The van der Waals surface area contributed by atoms with Gasteiger partial charge < -0.3 is 14.6 Å². The maximum atomic E-state index is 9.50. The van der Waals surface area contributed by atoms with Crippen LogP contribution in [0, 0.1) is 12.3 Å². The molecule has 1 unspecified atom stereocenters. The highest BCUT2D eigenvalue weighted by Crippen LogP contribution is 2.23. The summed E-state index contributed by atoms with van der Waals surface area (Å²) in [4.78, 5) is 6.47. The molecule has 4 nitrogen and oxygen atoms in total. The van der Waals surface area contributed by atoms with Crippen LogP contribution < -0.4 is 0 Å². The molecule has 1 heterocycles. The predicted octanol–water partition coefficient (Wildman–Crippen LogP) is 1.92. The zero-order chi connectivity index (χ0) is 13.8. The highest BCUT2D eigenvalue weighted by Gasteiger charge is 2.27. The summed E-state index contributed by atoms with van der Waals surface area (Å²) in [6.07, 6.45) is 4.92. The Morgan fingerprint density at radius 3 is 2.56 bits per heavy atom. The van der Waals surface area contributed by atoms with Gasteiger partial charge in [0, 0.05) is 25.0 Å². The standard InChI is InChI=1S/C14H27N3O/c1-12-15-7-10-17(12)9-6-8-16(5)13(11-18)14(2,3)4/h7,10,13,18H,6,8-9,11H2,1-5H3. The lowest BCUT2D eigenvalue weighted by atomic mass is 9.86. The molecular weight excluding hydrogens is 226 g/mol. The Hall–Kier alpha value is -0.870. The molecule has 0 fully saturated rings. The Bertz CT molecular complexity index is 354. The summed E-state index contributed by atoms with van der Waals surface area (Å²) < 4.78 is 2.17. The first-order chi connectivity index (χ1) is 8.36. The monoisotopic (exact) mass is 253 g/mol. The van der Waals surface area contributed by atoms with Gasteiger partial charge in [-0.15, -0.1) is 0 Å². The molecule has 1 N–H and O–H groups in total. The van der Waals surface area contributed by atoms with E-state index in [1.54, 1.807) is 0 Å². The van der Waals surface area contributed by atoms with Gasteiger partial charge in [-0.25, -0.2) is 4.98 Å². The molecule has 0 aromatic carbocycles. The predicted molar refractivity (Wildman–Crippen MR) is 74.5 cm³/mol. The van der Waals surface area contributed by atoms with Crippen molar-refractivity contribution in [1.29, 1.82) is 0 Å². The maximum absolute atomic E-state index is 9.50. The lowest BCUT2D eigenvalue weighted by Crippen LogP contribution is -2.44. The number of nitrogens with zero attached hydrogens (tertiary/aromatic N) is 3. The van der Waals surface area contributed by atoms with E-state index < -0.39 is 0 Å². The topological polar surface area (TPSA) is 41.3 Å². The molecule has 0 amide bonds. The van der Waals surface area contributed by atoms with Crippen molar-refractivity contribution < 1.29 is 5.11 Å². The van der Waals surface area contributed by atoms with Crippen LogP contribution in [0.25, 0.3) is 0 Å². The van der Waals surface area contributed by atoms with Gasteiger partial charge in [-0.1, -0.05) is 20.8 Å². The van der Waals surface area contributed by atoms with Crippen LogP contribution in [0.3, 0.4) is 0 Å². The quantitative estimate of drug-likeness (QED) is 0.842. The van der Waals surface area contributed by atoms with Crippen LogP contribution in [0.4, 0.5) is 0 Å². The van der Waals surface area contributed by atoms with Gasteiger partial charge >= 0.3 is 0 Å². The number of likely N-dealkylation sites (N-methyl/N-ethyl adjacent to an activating group) is 1. The zero-order valence-corrected chi connectivity index (χ0v) is 12.3. The van der Waals surface area contributed by atoms with Gasteiger partial charge in [-0.3, -0.25) is 0 Å². The van der Waals surface area contributed by atoms with E-state index in [0.717, 1.165) is 25.3 Å². The lowest BCUT2D eigenvalue weighted by Gasteiger charge is -2.36. The average molecular weight is 253 g/mol. The van der Waals surface area contributed by atoms with E-state index in [9.17, 15) is 5.11 Å². The Balaban J connectivity index is 2.41. The van der Waals surface area contributed by atoms with E-state index in [1.165, 1.54) is 0 Å². The first-order valence-electron chi connectivity index (χ1n) is 6.65. The third-order valence-electron chi connectivity index (χ3n) is 3.54. The van der Waals surface area contributed by atoms with Crippen LogP contribution in [-0.4, -0.2) is 45.8 Å². The van der Waals surface area contributed by atoms with Gasteiger partial charge in [0.1, 0.15) is 5.82 Å². The van der Waals surface area contributed by atoms with Crippen LogP contribution in [0.1, 0.15) is 33.0 Å². The summed E-state index contributed by atoms with van der Waals surface area (Å²) in [6, 6.07) is 0.210. The van der Waals surface area contributed by atoms with E-state index >= 15 is 0 Å². The van der Waals surface area contributed by atoms with Crippen molar-refractivity contribution in [1.82, 2.24) is 14.5 Å². The highest BCUT2D eigenvalue weighted by molar-refractivity contribution is 4.88. The number of hydrogen-bond acceptors (Lipinski definition) is 3. The van der Waals surface area contributed by atoms with Crippen LogP contribution in [0.5, 0.6) is 0 Å². The first-order valence-corrected chi connectivity index (χ1v) is 6.65. The molecule has 0 aliphatic carbocycles. The molecule has 0 aliphatic heterocycles. The van der Waals surface area contributed by atoms with Crippen LogP contribution >= 0.6 is 0 Å². The zero-order valence-electron chi connectivity index (χ0n) is 12.3. The minimum absolute atomic E-state index is 0.106. The van der Waals surface area contributed by atoms with Crippen molar-refractivity contribution in [3.63, 3.8) is 0 Å². The Labute approximate surface area is 111 Å². The van der Waals surface area contributed by atoms with Gasteiger partial charge in [0.25, 0.3) is 0 Å². The van der Waals surface area contributed by atoms with Crippen molar-refractivity contribution in [2.75, 3.05) is 20.2 Å². The first kappa shape index (κ1) is 15.2. The van der Waals surface area contributed by atoms with E-state index in [0.29, 0.717) is 0 Å². The van der Waals surface area contributed by atoms with E-state index in [2.05, 4.69) is 42.3 Å². The molecule has 1 atom stereocenters. The van der Waals surface area contributed by atoms with Gasteiger partial charge in [0.05, 0.1) is 6.61 Å². The molecule has 1 aromatic heterocycles. The maximum Gasteiger partial charge on any atom is 0.105 e. The molecule has 0 bridgehead atoms. The van der Waals surface area contributed by atoms with E-state index in [1.807, 2.05) is 19.3 Å². The molecule has 18 heavy (non-hydrogen) atoms. The molecule has 1 rings (SSSR count). The Morgan fingerprint density at radius 2 is 2.11 bits per heavy atom. The van der Waals surface area contributed by atoms with Crippen LogP contribution in [-0.2, 0) is 6.54 Å². The smallest absolute Gasteiger partial charge is 0.105 e. The molecule has 1 aromatic rings. The second-order valence-electron chi connectivity index (χ2n) is 6.07. The Morgan fingerprint density at radius 1 is 1.44 bits per heavy atom. The van der Waals surface area contributed by atoms with Crippen LogP contribution in [0.2, 0.25) is 0 Å². The molecule has 0 spiro atoms. The molecule has 4 heteroatoms. The average Bonchev–Trinajstić information content (AvgIpc) is 2.63. The summed E-state index contributed by atoms with van der Waals surface area (Å²) in [7, 11) is 2.09. The number of imidazole rings is 1. The molecule has 0 saturated carbocycles. The molecule has 0 radical (unpaired) electrons. The van der Waals surface area contributed by atoms with Crippen molar-refractivity contribution in [2.45, 2.75) is 46.7 Å². The number of aliphatic hydroxyl groups is 1. The molecule has 0 saturated heterocycles. The van der Waals surface area contributed by atoms with Crippen molar-refractivity contribution in [2.24, 2.45) is 5.41 Å².